The molecule has 0 aromatic rings. The predicted molar refractivity (Wildman–Crippen MR) is 94.4 cm³/mol. The molecule has 0 saturated heterocycles. The van der Waals surface area contributed by atoms with E-state index >= 15 is 0 Å². The van der Waals surface area contributed by atoms with Crippen LogP contribution in [0, 0.1) is 0 Å². The van der Waals surface area contributed by atoms with Crippen molar-refractivity contribution in [3.63, 3.8) is 0 Å². The van der Waals surface area contributed by atoms with Crippen LogP contribution in [-0.4, -0.2) is 65.1 Å². The highest BCUT2D eigenvalue weighted by atomic mass is 19.4. The van der Waals surface area contributed by atoms with E-state index in [9.17, 15) is 66.7 Å². The molecular weight excluding hydrogens is 541 g/mol. The lowest BCUT2D eigenvalue weighted by molar-refractivity contribution is -0.440. The number of esters is 1. The molecule has 36 heavy (non-hydrogen) atoms. The molecule has 0 spiro atoms. The van der Waals surface area contributed by atoms with Crippen LogP contribution in [-0.2, 0) is 14.3 Å². The van der Waals surface area contributed by atoms with Gasteiger partial charge in [-0.25, -0.2) is 9.59 Å². The fourth-order valence-corrected chi connectivity index (χ4v) is 2.20. The van der Waals surface area contributed by atoms with Crippen LogP contribution in [0.5, 0.6) is 0 Å². The first kappa shape index (κ1) is 33.8. The number of halogens is 13. The summed E-state index contributed by atoms with van der Waals surface area (Å²) in [5.74, 6) is -40.3. The molecule has 0 heterocycles. The molecule has 214 valence electrons. The van der Waals surface area contributed by atoms with E-state index in [4.69, 9.17) is 0 Å². The Balaban J connectivity index is 6.46. The smallest absolute Gasteiger partial charge is 0.458 e. The highest BCUT2D eigenvalue weighted by Crippen LogP contribution is 2.60. The van der Waals surface area contributed by atoms with Crippen molar-refractivity contribution in [2.45, 2.75) is 101 Å². The van der Waals surface area contributed by atoms with Crippen molar-refractivity contribution in [3.8, 4) is 0 Å². The largest absolute Gasteiger partial charge is 0.460 e. The number of hydrogen-bond donors (Lipinski definition) is 1. The van der Waals surface area contributed by atoms with Gasteiger partial charge in [-0.05, 0) is 41.5 Å². The maximum atomic E-state index is 14.3. The molecule has 18 heteroatoms. The summed E-state index contributed by atoms with van der Waals surface area (Å²) in [4.78, 5) is 23.9. The summed E-state index contributed by atoms with van der Waals surface area (Å²) in [5.41, 5.74) is -3.00. The number of nitrogens with one attached hydrogen (secondary N) is 1. The van der Waals surface area contributed by atoms with Gasteiger partial charge < -0.3 is 14.8 Å². The van der Waals surface area contributed by atoms with Gasteiger partial charge in [0.25, 0.3) is 0 Å². The summed E-state index contributed by atoms with van der Waals surface area (Å²) in [5, 5.41) is 1.26. The summed E-state index contributed by atoms with van der Waals surface area (Å²) >= 11 is 0. The third-order valence-electron chi connectivity index (χ3n) is 3.84. The number of carbonyl (C=O) groups excluding carboxylic acids is 2. The average Bonchev–Trinajstić information content (AvgIpc) is 2.55. The minimum absolute atomic E-state index is 1.09. The van der Waals surface area contributed by atoms with E-state index in [-0.39, 0.29) is 0 Å². The Morgan fingerprint density at radius 1 is 0.611 bits per heavy atom. The molecule has 0 bridgehead atoms. The van der Waals surface area contributed by atoms with Crippen molar-refractivity contribution in [2.75, 3.05) is 0 Å². The number of rotatable bonds is 8. The SMILES string of the molecule is CC(C)(C)OC(=O)NC(CC(F)(F)C(F)(F)C(F)(F)C(F)(F)C(F)(F)C(F)(F)F)C(=O)OC(C)(C)C. The third kappa shape index (κ3) is 6.98. The van der Waals surface area contributed by atoms with Crippen molar-refractivity contribution in [1.82, 2.24) is 5.32 Å². The van der Waals surface area contributed by atoms with Gasteiger partial charge in [-0.1, -0.05) is 0 Å². The van der Waals surface area contributed by atoms with Gasteiger partial charge in [0.2, 0.25) is 0 Å². The van der Waals surface area contributed by atoms with Crippen LogP contribution >= 0.6 is 0 Å². The number of carbonyl (C=O) groups is 2. The van der Waals surface area contributed by atoms with E-state index in [1.165, 1.54) is 26.1 Å². The van der Waals surface area contributed by atoms with Crippen molar-refractivity contribution >= 4 is 12.1 Å². The molecule has 0 radical (unpaired) electrons. The van der Waals surface area contributed by atoms with Crippen molar-refractivity contribution in [1.29, 1.82) is 0 Å². The van der Waals surface area contributed by atoms with Crippen LogP contribution in [0.1, 0.15) is 48.0 Å². The number of hydrogen-bond acceptors (Lipinski definition) is 4. The topological polar surface area (TPSA) is 64.6 Å². The average molecular weight is 563 g/mol. The first-order valence-electron chi connectivity index (χ1n) is 9.52. The van der Waals surface area contributed by atoms with Crippen LogP contribution in [0.3, 0.4) is 0 Å². The molecule has 0 aliphatic heterocycles. The molecule has 0 aliphatic carbocycles. The third-order valence-corrected chi connectivity index (χ3v) is 3.84. The molecule has 0 aromatic heterocycles. The highest BCUT2D eigenvalue weighted by molar-refractivity contribution is 5.81. The quantitative estimate of drug-likeness (QED) is 0.276. The summed E-state index contributed by atoms with van der Waals surface area (Å²) < 4.78 is 182. The molecular formula is C18H22F13NO4. The summed E-state index contributed by atoms with van der Waals surface area (Å²) in [6, 6.07) is -3.05. The first-order valence-corrected chi connectivity index (χ1v) is 9.52. The van der Waals surface area contributed by atoms with Gasteiger partial charge in [0.05, 0.1) is 0 Å². The fourth-order valence-electron chi connectivity index (χ4n) is 2.20. The van der Waals surface area contributed by atoms with Gasteiger partial charge in [0, 0.05) is 6.42 Å². The molecule has 0 saturated carbocycles. The second kappa shape index (κ2) is 9.61. The lowest BCUT2D eigenvalue weighted by Gasteiger charge is -2.40. The van der Waals surface area contributed by atoms with Gasteiger partial charge >= 0.3 is 47.9 Å². The van der Waals surface area contributed by atoms with Gasteiger partial charge in [0.15, 0.2) is 0 Å². The minimum Gasteiger partial charge on any atom is -0.458 e. The minimum atomic E-state index is -8.09. The molecule has 0 rings (SSSR count). The van der Waals surface area contributed by atoms with Crippen molar-refractivity contribution in [3.05, 3.63) is 0 Å². The standard InChI is InChI=1S/C18H22F13NO4/c1-11(2,3)35-9(33)8(32-10(34)36-12(4,5)6)7-13(19,20)14(21,22)15(23,24)16(25,26)17(27,28)18(29,30)31/h8H,7H2,1-6H3,(H,32,34). The lowest BCUT2D eigenvalue weighted by Crippen LogP contribution is -2.70. The van der Waals surface area contributed by atoms with E-state index in [0.717, 1.165) is 20.8 Å². The van der Waals surface area contributed by atoms with Crippen LogP contribution in [0.15, 0.2) is 0 Å². The van der Waals surface area contributed by atoms with Crippen molar-refractivity contribution < 1.29 is 76.1 Å². The zero-order chi connectivity index (χ0) is 29.6. The Kier molecular flexibility index (Phi) is 9.03. The van der Waals surface area contributed by atoms with Crippen LogP contribution < -0.4 is 5.32 Å². The predicted octanol–water partition coefficient (Wildman–Crippen LogP) is 6.35. The van der Waals surface area contributed by atoms with E-state index in [0.29, 0.717) is 0 Å². The van der Waals surface area contributed by atoms with Gasteiger partial charge in [-0.2, -0.15) is 57.1 Å². The zero-order valence-electron chi connectivity index (χ0n) is 19.3. The van der Waals surface area contributed by atoms with Gasteiger partial charge in [-0.3, -0.25) is 0 Å². The van der Waals surface area contributed by atoms with E-state index < -0.39 is 71.5 Å². The number of amides is 1. The molecule has 5 nitrogen and oxygen atoms in total. The fraction of sp³-hybridized carbons (Fsp3) is 0.889. The normalized spacial score (nSPS) is 15.9. The highest BCUT2D eigenvalue weighted by Gasteiger charge is 2.90. The molecule has 0 aromatic carbocycles. The Hall–Kier alpha value is -2.17. The second-order valence-electron chi connectivity index (χ2n) is 9.44. The zero-order valence-corrected chi connectivity index (χ0v) is 19.3. The Morgan fingerprint density at radius 2 is 0.972 bits per heavy atom. The summed E-state index contributed by atoms with van der Waals surface area (Å²) in [6.45, 7) is 6.87. The number of alkyl carbamates (subject to hydrolysis) is 1. The number of alkyl halides is 13. The van der Waals surface area contributed by atoms with E-state index in [1.54, 1.807) is 0 Å². The Morgan fingerprint density at radius 3 is 1.31 bits per heavy atom. The Bertz CT molecular complexity index is 811. The molecule has 1 amide bonds. The lowest BCUT2D eigenvalue weighted by atomic mass is 9.91. The van der Waals surface area contributed by atoms with Gasteiger partial charge in [-0.15, -0.1) is 0 Å². The molecule has 1 N–H and O–H groups in total. The maximum Gasteiger partial charge on any atom is 0.460 e. The monoisotopic (exact) mass is 563 g/mol. The van der Waals surface area contributed by atoms with Crippen LogP contribution in [0.25, 0.3) is 0 Å². The number of ether oxygens (including phenoxy) is 2. The Labute approximate surface area is 195 Å². The van der Waals surface area contributed by atoms with E-state index in [2.05, 4.69) is 9.47 Å². The summed E-state index contributed by atoms with van der Waals surface area (Å²) in [7, 11) is 0. The molecule has 0 aliphatic rings. The second-order valence-corrected chi connectivity index (χ2v) is 9.44. The first-order chi connectivity index (χ1) is 15.3. The molecule has 1 atom stereocenters. The van der Waals surface area contributed by atoms with E-state index in [1.807, 2.05) is 0 Å². The van der Waals surface area contributed by atoms with Crippen LogP contribution in [0.4, 0.5) is 61.9 Å². The molecule has 0 fully saturated rings. The van der Waals surface area contributed by atoms with Crippen LogP contribution in [0.2, 0.25) is 0 Å². The molecule has 1 unspecified atom stereocenters. The van der Waals surface area contributed by atoms with Gasteiger partial charge in [0.1, 0.15) is 17.2 Å². The summed E-state index contributed by atoms with van der Waals surface area (Å²) in [6.07, 6.45) is -12.3. The maximum absolute atomic E-state index is 14.3. The van der Waals surface area contributed by atoms with Crippen molar-refractivity contribution in [2.24, 2.45) is 0 Å².